The molecule has 0 heterocycles. The molecule has 0 saturated heterocycles. The van der Waals surface area contributed by atoms with Crippen molar-refractivity contribution in [3.63, 3.8) is 0 Å². The first kappa shape index (κ1) is 19.1. The maximum absolute atomic E-state index is 12.3. The summed E-state index contributed by atoms with van der Waals surface area (Å²) in [5.74, 6) is 1.54. The van der Waals surface area contributed by atoms with Crippen LogP contribution in [-0.4, -0.2) is 0 Å². The molecule has 0 N–H and O–H groups in total. The van der Waals surface area contributed by atoms with Gasteiger partial charge in [-0.25, -0.2) is 0 Å². The number of halogens is 2. The second kappa shape index (κ2) is 10.6. The molecule has 1 aromatic rings. The van der Waals surface area contributed by atoms with Crippen LogP contribution in [0.4, 0.5) is 8.78 Å². The Kier molecular flexibility index (Phi) is 8.49. The van der Waals surface area contributed by atoms with E-state index in [4.69, 9.17) is 0 Å². The van der Waals surface area contributed by atoms with Gasteiger partial charge in [0.25, 0.3) is 6.08 Å². The van der Waals surface area contributed by atoms with Gasteiger partial charge in [0.05, 0.1) is 0 Å². The first-order valence-electron chi connectivity index (χ1n) is 9.81. The zero-order valence-corrected chi connectivity index (χ0v) is 15.1. The van der Waals surface area contributed by atoms with Crippen LogP contribution in [0.3, 0.4) is 0 Å². The Morgan fingerprint density at radius 3 is 2.17 bits per heavy atom. The molecule has 0 bridgehead atoms. The van der Waals surface area contributed by atoms with Crippen LogP contribution in [0.2, 0.25) is 0 Å². The van der Waals surface area contributed by atoms with Crippen molar-refractivity contribution in [2.75, 3.05) is 0 Å². The lowest BCUT2D eigenvalue weighted by Gasteiger charge is -2.29. The summed E-state index contributed by atoms with van der Waals surface area (Å²) in [6.07, 6.45) is 14.2. The largest absolute Gasteiger partial charge is 0.270 e. The maximum Gasteiger partial charge on any atom is 0.270 e. The number of rotatable bonds is 9. The van der Waals surface area contributed by atoms with Crippen LogP contribution >= 0.6 is 0 Å². The van der Waals surface area contributed by atoms with Crippen molar-refractivity contribution in [2.24, 2.45) is 5.92 Å². The molecular formula is C22H32F2. The van der Waals surface area contributed by atoms with Crippen molar-refractivity contribution in [1.82, 2.24) is 0 Å². The van der Waals surface area contributed by atoms with Crippen LogP contribution in [0, 0.1) is 5.92 Å². The van der Waals surface area contributed by atoms with Crippen LogP contribution in [0.5, 0.6) is 0 Å². The third-order valence-corrected chi connectivity index (χ3v) is 5.50. The van der Waals surface area contributed by atoms with E-state index in [-0.39, 0.29) is 0 Å². The summed E-state index contributed by atoms with van der Waals surface area (Å²) in [6, 6.07) is 7.70. The molecule has 134 valence electrons. The monoisotopic (exact) mass is 334 g/mol. The molecule has 0 spiro atoms. The van der Waals surface area contributed by atoms with E-state index < -0.39 is 6.08 Å². The average Bonchev–Trinajstić information content (AvgIpc) is 2.59. The van der Waals surface area contributed by atoms with Crippen molar-refractivity contribution in [3.05, 3.63) is 41.5 Å². The standard InChI is InChI=1S/C22H32F2/c1-2-3-4-5-6-7-8-18-9-13-20(14-10-18)21-15-11-19(12-16-21)17-22(23)24/h11-12,15-18,20H,2-10,13-14H2,1H3/t18-,20-. The molecule has 0 nitrogen and oxygen atoms in total. The SMILES string of the molecule is CCCCCCCC[C@H]1CC[C@H](c2ccc(C=C(F)F)cc2)CC1. The predicted octanol–water partition coefficient (Wildman–Crippen LogP) is 7.95. The average molecular weight is 334 g/mol. The molecule has 1 aliphatic carbocycles. The van der Waals surface area contributed by atoms with E-state index >= 15 is 0 Å². The topological polar surface area (TPSA) is 0 Å². The van der Waals surface area contributed by atoms with E-state index in [2.05, 4.69) is 6.92 Å². The zero-order chi connectivity index (χ0) is 17.2. The molecule has 1 fully saturated rings. The third-order valence-electron chi connectivity index (χ3n) is 5.50. The van der Waals surface area contributed by atoms with E-state index in [9.17, 15) is 8.78 Å². The highest BCUT2D eigenvalue weighted by atomic mass is 19.3. The van der Waals surface area contributed by atoms with E-state index in [0.29, 0.717) is 11.5 Å². The van der Waals surface area contributed by atoms with Gasteiger partial charge in [0.1, 0.15) is 0 Å². The van der Waals surface area contributed by atoms with Gasteiger partial charge in [-0.05, 0) is 48.6 Å². The van der Waals surface area contributed by atoms with Crippen LogP contribution in [0.15, 0.2) is 30.3 Å². The van der Waals surface area contributed by atoms with Crippen LogP contribution in [-0.2, 0) is 0 Å². The lowest BCUT2D eigenvalue weighted by Crippen LogP contribution is -2.13. The molecule has 0 atom stereocenters. The van der Waals surface area contributed by atoms with E-state index in [0.717, 1.165) is 12.0 Å². The Morgan fingerprint density at radius 1 is 0.917 bits per heavy atom. The van der Waals surface area contributed by atoms with Gasteiger partial charge in [-0.3, -0.25) is 0 Å². The van der Waals surface area contributed by atoms with Crippen LogP contribution in [0.1, 0.15) is 94.6 Å². The van der Waals surface area contributed by atoms with E-state index in [1.54, 1.807) is 0 Å². The Hall–Kier alpha value is -1.18. The van der Waals surface area contributed by atoms with Gasteiger partial charge < -0.3 is 0 Å². The zero-order valence-electron chi connectivity index (χ0n) is 15.1. The van der Waals surface area contributed by atoms with Gasteiger partial charge in [-0.15, -0.1) is 0 Å². The molecule has 2 heteroatoms. The molecule has 0 unspecified atom stereocenters. The maximum atomic E-state index is 12.3. The molecule has 0 aromatic heterocycles. The summed E-state index contributed by atoms with van der Waals surface area (Å²) >= 11 is 0. The van der Waals surface area contributed by atoms with Crippen molar-refractivity contribution in [3.8, 4) is 0 Å². The summed E-state index contributed by atoms with van der Waals surface area (Å²) in [4.78, 5) is 0. The molecule has 1 aromatic carbocycles. The smallest absolute Gasteiger partial charge is 0.173 e. The Bertz CT molecular complexity index is 477. The summed E-state index contributed by atoms with van der Waals surface area (Å²) in [6.45, 7) is 2.27. The van der Waals surface area contributed by atoms with Gasteiger partial charge in [-0.1, -0.05) is 76.1 Å². The number of benzene rings is 1. The second-order valence-corrected chi connectivity index (χ2v) is 7.37. The van der Waals surface area contributed by atoms with Gasteiger partial charge >= 0.3 is 0 Å². The lowest BCUT2D eigenvalue weighted by molar-refractivity contribution is 0.302. The molecule has 24 heavy (non-hydrogen) atoms. The molecule has 0 amide bonds. The summed E-state index contributed by atoms with van der Waals surface area (Å²) in [7, 11) is 0. The molecule has 1 saturated carbocycles. The first-order chi connectivity index (χ1) is 11.7. The van der Waals surface area contributed by atoms with E-state index in [1.807, 2.05) is 24.3 Å². The molecule has 0 radical (unpaired) electrons. The summed E-state index contributed by atoms with van der Waals surface area (Å²) in [5.41, 5.74) is 1.92. The first-order valence-corrected chi connectivity index (χ1v) is 9.81. The minimum Gasteiger partial charge on any atom is -0.173 e. The Morgan fingerprint density at radius 2 is 1.54 bits per heavy atom. The van der Waals surface area contributed by atoms with Crippen LogP contribution < -0.4 is 0 Å². The van der Waals surface area contributed by atoms with Crippen molar-refractivity contribution < 1.29 is 8.78 Å². The van der Waals surface area contributed by atoms with Gasteiger partial charge in [-0.2, -0.15) is 8.78 Å². The molecule has 0 aliphatic heterocycles. The fourth-order valence-electron chi connectivity index (χ4n) is 3.99. The quantitative estimate of drug-likeness (QED) is 0.402. The van der Waals surface area contributed by atoms with Gasteiger partial charge in [0.2, 0.25) is 0 Å². The predicted molar refractivity (Wildman–Crippen MR) is 99.3 cm³/mol. The molecule has 1 aliphatic rings. The summed E-state index contributed by atoms with van der Waals surface area (Å²) < 4.78 is 24.5. The number of unbranched alkanes of at least 4 members (excludes halogenated alkanes) is 5. The lowest BCUT2D eigenvalue weighted by atomic mass is 9.77. The van der Waals surface area contributed by atoms with Crippen LogP contribution in [0.25, 0.3) is 6.08 Å². The van der Waals surface area contributed by atoms with E-state index in [1.165, 1.54) is 76.2 Å². The van der Waals surface area contributed by atoms with Crippen molar-refractivity contribution >= 4 is 6.08 Å². The second-order valence-electron chi connectivity index (χ2n) is 7.37. The molecule has 2 rings (SSSR count). The Balaban J connectivity index is 1.68. The van der Waals surface area contributed by atoms with Crippen molar-refractivity contribution in [1.29, 1.82) is 0 Å². The normalized spacial score (nSPS) is 20.8. The summed E-state index contributed by atoms with van der Waals surface area (Å²) in [5, 5.41) is 0. The molecular weight excluding hydrogens is 302 g/mol. The number of hydrogen-bond acceptors (Lipinski definition) is 0. The number of hydrogen-bond donors (Lipinski definition) is 0. The fourth-order valence-corrected chi connectivity index (χ4v) is 3.99. The third kappa shape index (κ3) is 6.75. The fraction of sp³-hybridized carbons (Fsp3) is 0.636. The highest BCUT2D eigenvalue weighted by Crippen LogP contribution is 2.37. The highest BCUT2D eigenvalue weighted by Gasteiger charge is 2.21. The Labute approximate surface area is 146 Å². The van der Waals surface area contributed by atoms with Crippen molar-refractivity contribution in [2.45, 2.75) is 83.5 Å². The minimum atomic E-state index is -1.63. The highest BCUT2D eigenvalue weighted by molar-refractivity contribution is 5.50. The van der Waals surface area contributed by atoms with Gasteiger partial charge in [0.15, 0.2) is 0 Å². The minimum absolute atomic E-state index is 0.593. The van der Waals surface area contributed by atoms with Gasteiger partial charge in [0, 0.05) is 6.08 Å².